The van der Waals surface area contributed by atoms with Crippen LogP contribution >= 0.6 is 0 Å². The van der Waals surface area contributed by atoms with Gasteiger partial charge in [0, 0.05) is 25.6 Å². The van der Waals surface area contributed by atoms with Crippen LogP contribution < -0.4 is 10.6 Å². The maximum absolute atomic E-state index is 13.4. The van der Waals surface area contributed by atoms with Crippen molar-refractivity contribution in [3.63, 3.8) is 0 Å². The minimum atomic E-state index is -0.463. The molecule has 126 valence electrons. The Morgan fingerprint density at radius 3 is 2.54 bits per heavy atom. The van der Waals surface area contributed by atoms with Crippen LogP contribution in [0.4, 0.5) is 15.8 Å². The van der Waals surface area contributed by atoms with E-state index in [4.69, 9.17) is 0 Å². The number of benzene rings is 2. The van der Waals surface area contributed by atoms with Gasteiger partial charge in [0.1, 0.15) is 11.5 Å². The highest BCUT2D eigenvalue weighted by atomic mass is 19.1. The summed E-state index contributed by atoms with van der Waals surface area (Å²) in [6, 6.07) is 12.7. The molecule has 0 heterocycles. The van der Waals surface area contributed by atoms with Crippen LogP contribution in [-0.4, -0.2) is 23.9 Å². The summed E-state index contributed by atoms with van der Waals surface area (Å²) in [6.45, 7) is 0.679. The topological polar surface area (TPSA) is 84.3 Å². The van der Waals surface area contributed by atoms with Gasteiger partial charge in [-0.25, -0.2) is 4.39 Å². The number of rotatable bonds is 8. The fourth-order valence-electron chi connectivity index (χ4n) is 2.22. The van der Waals surface area contributed by atoms with E-state index in [2.05, 4.69) is 10.6 Å². The van der Waals surface area contributed by atoms with Crippen molar-refractivity contribution in [2.75, 3.05) is 18.4 Å². The molecule has 2 N–H and O–H groups in total. The SMILES string of the molecule is O=C(CCc1ccccc1F)NCCNc1ccccc1[N+](=O)[O-]. The second-order valence-corrected chi connectivity index (χ2v) is 5.14. The van der Waals surface area contributed by atoms with Gasteiger partial charge in [-0.05, 0) is 24.1 Å². The van der Waals surface area contributed by atoms with Crippen molar-refractivity contribution in [2.24, 2.45) is 0 Å². The van der Waals surface area contributed by atoms with Gasteiger partial charge >= 0.3 is 0 Å². The van der Waals surface area contributed by atoms with E-state index in [1.165, 1.54) is 12.1 Å². The van der Waals surface area contributed by atoms with Gasteiger partial charge in [0.15, 0.2) is 0 Å². The van der Waals surface area contributed by atoms with Crippen molar-refractivity contribution in [3.05, 3.63) is 70.0 Å². The quantitative estimate of drug-likeness (QED) is 0.442. The van der Waals surface area contributed by atoms with Crippen molar-refractivity contribution < 1.29 is 14.1 Å². The van der Waals surface area contributed by atoms with Gasteiger partial charge in [-0.3, -0.25) is 14.9 Å². The number of nitrogens with one attached hydrogen (secondary N) is 2. The van der Waals surface area contributed by atoms with Crippen LogP contribution in [0.25, 0.3) is 0 Å². The minimum Gasteiger partial charge on any atom is -0.378 e. The summed E-state index contributed by atoms with van der Waals surface area (Å²) in [5.41, 5.74) is 0.900. The van der Waals surface area contributed by atoms with E-state index >= 15 is 0 Å². The molecule has 0 aliphatic heterocycles. The zero-order chi connectivity index (χ0) is 17.4. The molecule has 0 bridgehead atoms. The number of hydrogen-bond acceptors (Lipinski definition) is 4. The number of nitro groups is 1. The molecule has 0 unspecified atom stereocenters. The molecule has 1 amide bonds. The predicted octanol–water partition coefficient (Wildman–Crippen LogP) is 2.89. The predicted molar refractivity (Wildman–Crippen MR) is 89.3 cm³/mol. The van der Waals surface area contributed by atoms with Crippen molar-refractivity contribution in [2.45, 2.75) is 12.8 Å². The monoisotopic (exact) mass is 331 g/mol. The summed E-state index contributed by atoms with van der Waals surface area (Å²) in [7, 11) is 0. The van der Waals surface area contributed by atoms with Gasteiger partial charge in [-0.1, -0.05) is 30.3 Å². The maximum atomic E-state index is 13.4. The lowest BCUT2D eigenvalue weighted by molar-refractivity contribution is -0.384. The van der Waals surface area contributed by atoms with Gasteiger partial charge in [0.2, 0.25) is 5.91 Å². The summed E-state index contributed by atoms with van der Waals surface area (Å²) >= 11 is 0. The second-order valence-electron chi connectivity index (χ2n) is 5.14. The Morgan fingerprint density at radius 2 is 1.79 bits per heavy atom. The van der Waals surface area contributed by atoms with Crippen molar-refractivity contribution in [3.8, 4) is 0 Å². The number of hydrogen-bond donors (Lipinski definition) is 2. The van der Waals surface area contributed by atoms with Gasteiger partial charge in [-0.15, -0.1) is 0 Å². The number of halogens is 1. The first-order valence-electron chi connectivity index (χ1n) is 7.55. The molecule has 0 saturated carbocycles. The Labute approximate surface area is 138 Å². The highest BCUT2D eigenvalue weighted by Gasteiger charge is 2.11. The third-order valence-corrected chi connectivity index (χ3v) is 3.44. The van der Waals surface area contributed by atoms with Crippen LogP contribution in [0.3, 0.4) is 0 Å². The Morgan fingerprint density at radius 1 is 1.08 bits per heavy atom. The number of amides is 1. The molecule has 0 aliphatic rings. The van der Waals surface area contributed by atoms with Gasteiger partial charge in [-0.2, -0.15) is 0 Å². The maximum Gasteiger partial charge on any atom is 0.292 e. The van der Waals surface area contributed by atoms with Crippen LogP contribution in [0.15, 0.2) is 48.5 Å². The van der Waals surface area contributed by atoms with E-state index < -0.39 is 4.92 Å². The number of aryl methyl sites for hydroxylation is 1. The van der Waals surface area contributed by atoms with E-state index in [0.29, 0.717) is 30.8 Å². The number of carbonyl (C=O) groups excluding carboxylic acids is 1. The number of nitro benzene ring substituents is 1. The Bertz CT molecular complexity index is 722. The van der Waals surface area contributed by atoms with Gasteiger partial charge in [0.05, 0.1) is 4.92 Å². The molecular formula is C17H18FN3O3. The highest BCUT2D eigenvalue weighted by Crippen LogP contribution is 2.22. The molecule has 0 aromatic heterocycles. The van der Waals surface area contributed by atoms with Crippen LogP contribution in [0.1, 0.15) is 12.0 Å². The van der Waals surface area contributed by atoms with Gasteiger partial charge in [0.25, 0.3) is 5.69 Å². The molecule has 0 atom stereocenters. The zero-order valence-electron chi connectivity index (χ0n) is 13.0. The Kier molecular flexibility index (Phi) is 6.24. The third kappa shape index (κ3) is 5.05. The molecule has 0 aliphatic carbocycles. The largest absolute Gasteiger partial charge is 0.378 e. The zero-order valence-corrected chi connectivity index (χ0v) is 13.0. The van der Waals surface area contributed by atoms with E-state index in [1.54, 1.807) is 36.4 Å². The number of carbonyl (C=O) groups is 1. The highest BCUT2D eigenvalue weighted by molar-refractivity contribution is 5.76. The van der Waals surface area contributed by atoms with Crippen LogP contribution in [-0.2, 0) is 11.2 Å². The number of anilines is 1. The summed E-state index contributed by atoms with van der Waals surface area (Å²) in [4.78, 5) is 22.2. The van der Waals surface area contributed by atoms with E-state index in [9.17, 15) is 19.3 Å². The molecule has 2 rings (SSSR count). The molecule has 24 heavy (non-hydrogen) atoms. The molecule has 0 saturated heterocycles. The molecule has 6 nitrogen and oxygen atoms in total. The average molecular weight is 331 g/mol. The molecule has 0 radical (unpaired) electrons. The summed E-state index contributed by atoms with van der Waals surface area (Å²) in [5, 5.41) is 16.5. The van der Waals surface area contributed by atoms with Crippen molar-refractivity contribution in [1.82, 2.24) is 5.32 Å². The molecule has 0 fully saturated rings. The second kappa shape index (κ2) is 8.61. The first-order chi connectivity index (χ1) is 11.6. The van der Waals surface area contributed by atoms with Crippen molar-refractivity contribution >= 4 is 17.3 Å². The Hall–Kier alpha value is -2.96. The minimum absolute atomic E-state index is 0.0108. The molecule has 2 aromatic rings. The first-order valence-corrected chi connectivity index (χ1v) is 7.55. The smallest absolute Gasteiger partial charge is 0.292 e. The summed E-state index contributed by atoms with van der Waals surface area (Å²) < 4.78 is 13.4. The first kappa shape index (κ1) is 17.4. The molecule has 0 spiro atoms. The molecule has 7 heteroatoms. The lowest BCUT2D eigenvalue weighted by Crippen LogP contribution is -2.29. The van der Waals surface area contributed by atoms with E-state index in [-0.39, 0.29) is 23.8 Å². The van der Waals surface area contributed by atoms with Crippen molar-refractivity contribution in [1.29, 1.82) is 0 Å². The van der Waals surface area contributed by atoms with Gasteiger partial charge < -0.3 is 10.6 Å². The standard InChI is InChI=1S/C17H18FN3O3/c18-14-6-2-1-5-13(14)9-10-17(22)20-12-11-19-15-7-3-4-8-16(15)21(23)24/h1-8,19H,9-12H2,(H,20,22). The summed E-state index contributed by atoms with van der Waals surface area (Å²) in [6.07, 6.45) is 0.516. The normalized spacial score (nSPS) is 10.2. The van der Waals surface area contributed by atoms with Crippen LogP contribution in [0.2, 0.25) is 0 Å². The average Bonchev–Trinajstić information content (AvgIpc) is 2.58. The fraction of sp³-hybridized carbons (Fsp3) is 0.235. The fourth-order valence-corrected chi connectivity index (χ4v) is 2.22. The van der Waals surface area contributed by atoms with E-state index in [1.807, 2.05) is 0 Å². The molecule has 2 aromatic carbocycles. The third-order valence-electron chi connectivity index (χ3n) is 3.44. The molecular weight excluding hydrogens is 313 g/mol. The lowest BCUT2D eigenvalue weighted by Gasteiger charge is -2.08. The number of nitrogens with zero attached hydrogens (tertiary/aromatic N) is 1. The number of para-hydroxylation sites is 2. The lowest BCUT2D eigenvalue weighted by atomic mass is 10.1. The van der Waals surface area contributed by atoms with Crippen LogP contribution in [0, 0.1) is 15.9 Å². The van der Waals surface area contributed by atoms with E-state index in [0.717, 1.165) is 0 Å². The Balaban J connectivity index is 1.72. The summed E-state index contributed by atoms with van der Waals surface area (Å²) in [5.74, 6) is -0.508. The van der Waals surface area contributed by atoms with Crippen LogP contribution in [0.5, 0.6) is 0 Å².